The van der Waals surface area contributed by atoms with Gasteiger partial charge in [-0.1, -0.05) is 12.7 Å². The lowest BCUT2D eigenvalue weighted by Gasteiger charge is -2.43. The number of carbonyl (C=O) groups excluding carboxylic acids is 4. The predicted molar refractivity (Wildman–Crippen MR) is 96.7 cm³/mol. The highest BCUT2D eigenvalue weighted by atomic mass is 16.6. The van der Waals surface area contributed by atoms with Crippen molar-refractivity contribution in [1.29, 1.82) is 0 Å². The SMILES string of the molecule is C=CCOC(=O)N1C(C)=N[C@H]2O[C@H](COC(C)=O)[C@@H](OC(C)=O)[C@H](OC(C)=O)[C@H]21. The van der Waals surface area contributed by atoms with Crippen LogP contribution in [0.15, 0.2) is 17.6 Å². The minimum Gasteiger partial charge on any atom is -0.463 e. The average molecular weight is 412 g/mol. The van der Waals surface area contributed by atoms with E-state index in [0.717, 1.165) is 0 Å². The lowest BCUT2D eigenvalue weighted by Crippen LogP contribution is -2.64. The van der Waals surface area contributed by atoms with Crippen molar-refractivity contribution in [3.05, 3.63) is 12.7 Å². The second kappa shape index (κ2) is 9.50. The molecule has 0 radical (unpaired) electrons. The van der Waals surface area contributed by atoms with E-state index >= 15 is 0 Å². The Labute approximate surface area is 167 Å². The normalized spacial score (nSPS) is 27.9. The van der Waals surface area contributed by atoms with Crippen LogP contribution < -0.4 is 0 Å². The summed E-state index contributed by atoms with van der Waals surface area (Å²) in [6, 6.07) is -0.936. The van der Waals surface area contributed by atoms with Gasteiger partial charge < -0.3 is 23.7 Å². The van der Waals surface area contributed by atoms with Crippen LogP contribution in [-0.2, 0) is 38.1 Å². The fraction of sp³-hybridized carbons (Fsp3) is 0.611. The molecular formula is C18H24N2O9. The number of nitrogens with zero attached hydrogens (tertiary/aromatic N) is 2. The summed E-state index contributed by atoms with van der Waals surface area (Å²) < 4.78 is 26.6. The molecule has 0 aromatic heterocycles. The Kier molecular flexibility index (Phi) is 7.32. The molecule has 0 N–H and O–H groups in total. The van der Waals surface area contributed by atoms with Gasteiger partial charge in [-0.05, 0) is 6.92 Å². The molecule has 0 aromatic carbocycles. The summed E-state index contributed by atoms with van der Waals surface area (Å²) in [5, 5.41) is 0. The zero-order chi connectivity index (χ0) is 21.7. The molecule has 0 aliphatic carbocycles. The van der Waals surface area contributed by atoms with Gasteiger partial charge in [0.25, 0.3) is 0 Å². The van der Waals surface area contributed by atoms with Crippen molar-refractivity contribution in [2.24, 2.45) is 4.99 Å². The molecule has 0 aromatic rings. The number of hydrogen-bond donors (Lipinski definition) is 0. The second-order valence-electron chi connectivity index (χ2n) is 6.42. The minimum atomic E-state index is -1.15. The molecule has 0 saturated carbocycles. The summed E-state index contributed by atoms with van der Waals surface area (Å²) in [7, 11) is 0. The zero-order valence-corrected chi connectivity index (χ0v) is 16.7. The molecule has 11 heteroatoms. The molecule has 0 spiro atoms. The molecule has 11 nitrogen and oxygen atoms in total. The van der Waals surface area contributed by atoms with Crippen LogP contribution in [0.25, 0.3) is 0 Å². The van der Waals surface area contributed by atoms with E-state index in [2.05, 4.69) is 11.6 Å². The van der Waals surface area contributed by atoms with Gasteiger partial charge in [0.15, 0.2) is 18.4 Å². The van der Waals surface area contributed by atoms with E-state index in [9.17, 15) is 19.2 Å². The van der Waals surface area contributed by atoms with Crippen LogP contribution in [0.2, 0.25) is 0 Å². The smallest absolute Gasteiger partial charge is 0.416 e. The number of carbonyl (C=O) groups is 4. The van der Waals surface area contributed by atoms with Gasteiger partial charge in [-0.3, -0.25) is 19.3 Å². The van der Waals surface area contributed by atoms with Crippen molar-refractivity contribution in [3.8, 4) is 0 Å². The Balaban J connectivity index is 2.39. The molecule has 5 atom stereocenters. The Hall–Kier alpha value is -2.95. The number of hydrogen-bond acceptors (Lipinski definition) is 10. The first-order valence-electron chi connectivity index (χ1n) is 8.90. The van der Waals surface area contributed by atoms with Gasteiger partial charge >= 0.3 is 24.0 Å². The third-order valence-electron chi connectivity index (χ3n) is 4.17. The zero-order valence-electron chi connectivity index (χ0n) is 16.7. The molecule has 2 heterocycles. The summed E-state index contributed by atoms with van der Waals surface area (Å²) in [6.07, 6.45) is -3.53. The van der Waals surface area contributed by atoms with Gasteiger partial charge in [0.05, 0.1) is 0 Å². The number of amidine groups is 1. The van der Waals surface area contributed by atoms with Crippen molar-refractivity contribution in [3.63, 3.8) is 0 Å². The van der Waals surface area contributed by atoms with Crippen molar-refractivity contribution in [2.75, 3.05) is 13.2 Å². The third-order valence-corrected chi connectivity index (χ3v) is 4.17. The van der Waals surface area contributed by atoms with E-state index in [4.69, 9.17) is 23.7 Å². The fourth-order valence-electron chi connectivity index (χ4n) is 3.20. The Morgan fingerprint density at radius 3 is 2.24 bits per heavy atom. The Morgan fingerprint density at radius 2 is 1.69 bits per heavy atom. The van der Waals surface area contributed by atoms with Crippen LogP contribution in [0.3, 0.4) is 0 Å². The minimum absolute atomic E-state index is 0.0401. The van der Waals surface area contributed by atoms with Crippen LogP contribution >= 0.6 is 0 Å². The first-order valence-corrected chi connectivity index (χ1v) is 8.90. The quantitative estimate of drug-likeness (QED) is 0.349. The van der Waals surface area contributed by atoms with E-state index in [1.54, 1.807) is 6.92 Å². The van der Waals surface area contributed by atoms with Gasteiger partial charge in [-0.15, -0.1) is 0 Å². The molecule has 0 unspecified atom stereocenters. The fourth-order valence-corrected chi connectivity index (χ4v) is 3.20. The highest BCUT2D eigenvalue weighted by Crippen LogP contribution is 2.34. The molecule has 2 aliphatic rings. The summed E-state index contributed by atoms with van der Waals surface area (Å²) in [5.41, 5.74) is 0. The van der Waals surface area contributed by atoms with Crippen LogP contribution in [0.4, 0.5) is 4.79 Å². The summed E-state index contributed by atoms with van der Waals surface area (Å²) in [6.45, 7) is 8.31. The molecule has 0 bridgehead atoms. The highest BCUT2D eigenvalue weighted by molar-refractivity contribution is 5.96. The van der Waals surface area contributed by atoms with Gasteiger partial charge in [0.1, 0.15) is 31.2 Å². The Morgan fingerprint density at radius 1 is 1.07 bits per heavy atom. The topological polar surface area (TPSA) is 130 Å². The van der Waals surface area contributed by atoms with Gasteiger partial charge in [0.2, 0.25) is 0 Å². The van der Waals surface area contributed by atoms with E-state index < -0.39 is 54.6 Å². The largest absolute Gasteiger partial charge is 0.463 e. The maximum Gasteiger partial charge on any atom is 0.416 e. The molecule has 2 rings (SSSR count). The number of aliphatic imine (C=N–C) groups is 1. The molecule has 1 amide bonds. The Bertz CT molecular complexity index is 720. The van der Waals surface area contributed by atoms with Crippen molar-refractivity contribution >= 4 is 29.8 Å². The van der Waals surface area contributed by atoms with E-state index in [1.165, 1.54) is 31.7 Å². The first kappa shape index (κ1) is 22.3. The van der Waals surface area contributed by atoms with E-state index in [0.29, 0.717) is 0 Å². The molecule has 1 saturated heterocycles. The van der Waals surface area contributed by atoms with Crippen LogP contribution in [0.5, 0.6) is 0 Å². The molecule has 2 aliphatic heterocycles. The summed E-state index contributed by atoms with van der Waals surface area (Å²) >= 11 is 0. The maximum atomic E-state index is 12.5. The number of rotatable bonds is 6. The van der Waals surface area contributed by atoms with E-state index in [1.807, 2.05) is 0 Å². The number of esters is 3. The summed E-state index contributed by atoms with van der Waals surface area (Å²) in [4.78, 5) is 52.6. The lowest BCUT2D eigenvalue weighted by molar-refractivity contribution is -0.225. The first-order chi connectivity index (χ1) is 13.6. The predicted octanol–water partition coefficient (Wildman–Crippen LogP) is 0.563. The molecule has 160 valence electrons. The van der Waals surface area contributed by atoms with Crippen LogP contribution in [-0.4, -0.2) is 78.5 Å². The molecular weight excluding hydrogens is 388 g/mol. The monoisotopic (exact) mass is 412 g/mol. The van der Waals surface area contributed by atoms with Crippen molar-refractivity contribution < 1.29 is 42.9 Å². The highest BCUT2D eigenvalue weighted by Gasteiger charge is 2.57. The number of ether oxygens (including phenoxy) is 5. The third kappa shape index (κ3) is 5.31. The average Bonchev–Trinajstić information content (AvgIpc) is 2.95. The summed E-state index contributed by atoms with van der Waals surface area (Å²) in [5.74, 6) is -1.63. The number of amides is 1. The number of fused-ring (bicyclic) bond motifs is 1. The van der Waals surface area contributed by atoms with Gasteiger partial charge in [-0.25, -0.2) is 9.79 Å². The second-order valence-corrected chi connectivity index (χ2v) is 6.42. The lowest BCUT2D eigenvalue weighted by atomic mass is 9.95. The molecule has 29 heavy (non-hydrogen) atoms. The standard InChI is InChI=1S/C18H24N2O9/c1-6-7-25-18(24)20-9(2)19-17-14(20)16(28-12(5)23)15(27-11(4)22)13(29-17)8-26-10(3)21/h6,13-17H,1,7-8H2,2-5H3/t13-,14-,15-,16-,17+/m1/s1. The maximum absolute atomic E-state index is 12.5. The van der Waals surface area contributed by atoms with Crippen LogP contribution in [0, 0.1) is 0 Å². The van der Waals surface area contributed by atoms with Crippen molar-refractivity contribution in [1.82, 2.24) is 4.90 Å². The molecule has 1 fully saturated rings. The van der Waals surface area contributed by atoms with Gasteiger partial charge in [0, 0.05) is 20.8 Å². The van der Waals surface area contributed by atoms with Gasteiger partial charge in [-0.2, -0.15) is 0 Å². The van der Waals surface area contributed by atoms with E-state index in [-0.39, 0.29) is 19.0 Å². The van der Waals surface area contributed by atoms with Crippen LogP contribution in [0.1, 0.15) is 27.7 Å². The van der Waals surface area contributed by atoms with Crippen molar-refractivity contribution in [2.45, 2.75) is 58.3 Å².